The molecular formula is C28H29N3O2. The van der Waals surface area contributed by atoms with Gasteiger partial charge in [0.2, 0.25) is 5.91 Å². The molecule has 0 unspecified atom stereocenters. The van der Waals surface area contributed by atoms with Gasteiger partial charge in [-0.3, -0.25) is 4.79 Å². The summed E-state index contributed by atoms with van der Waals surface area (Å²) in [7, 11) is 0. The molecule has 5 heteroatoms. The Morgan fingerprint density at radius 2 is 1.82 bits per heavy atom. The maximum Gasteiger partial charge on any atom is 0.244 e. The number of nitrogen functional groups attached to an aromatic ring is 1. The minimum atomic E-state index is -0.205. The molecular weight excluding hydrogens is 410 g/mol. The van der Waals surface area contributed by atoms with Crippen LogP contribution in [0.2, 0.25) is 0 Å². The van der Waals surface area contributed by atoms with Crippen LogP contribution in [0.5, 0.6) is 0 Å². The van der Waals surface area contributed by atoms with Crippen molar-refractivity contribution in [3.63, 3.8) is 0 Å². The van der Waals surface area contributed by atoms with Crippen molar-refractivity contribution in [1.82, 2.24) is 10.3 Å². The van der Waals surface area contributed by atoms with E-state index in [1.165, 1.54) is 17.2 Å². The number of aromatic nitrogens is 1. The lowest BCUT2D eigenvalue weighted by Crippen LogP contribution is -2.19. The first kappa shape index (κ1) is 22.3. The first-order chi connectivity index (χ1) is 15.7. The number of nitrogens with zero attached hydrogens (tertiary/aromatic N) is 1. The van der Waals surface area contributed by atoms with Crippen LogP contribution < -0.4 is 11.1 Å². The van der Waals surface area contributed by atoms with Gasteiger partial charge in [0.1, 0.15) is 17.2 Å². The monoisotopic (exact) mass is 439 g/mol. The van der Waals surface area contributed by atoms with Crippen molar-refractivity contribution < 1.29 is 9.21 Å². The fourth-order valence-corrected chi connectivity index (χ4v) is 3.68. The van der Waals surface area contributed by atoms with E-state index in [1.54, 1.807) is 18.3 Å². The maximum absolute atomic E-state index is 12.3. The Labute approximate surface area is 194 Å². The summed E-state index contributed by atoms with van der Waals surface area (Å²) < 4.78 is 6.20. The largest absolute Gasteiger partial charge is 0.459 e. The molecule has 0 saturated carbocycles. The lowest BCUT2D eigenvalue weighted by Gasteiger charge is -2.20. The molecule has 33 heavy (non-hydrogen) atoms. The molecule has 0 aliphatic carbocycles. The van der Waals surface area contributed by atoms with E-state index in [0.29, 0.717) is 18.1 Å². The second-order valence-corrected chi connectivity index (χ2v) is 9.34. The van der Waals surface area contributed by atoms with Crippen LogP contribution >= 0.6 is 0 Å². The van der Waals surface area contributed by atoms with Crippen LogP contribution in [-0.4, -0.2) is 10.9 Å². The molecule has 2 heterocycles. The molecule has 0 aliphatic rings. The van der Waals surface area contributed by atoms with Crippen LogP contribution in [0.4, 0.5) is 5.82 Å². The predicted molar refractivity (Wildman–Crippen MR) is 135 cm³/mol. The number of amides is 1. The quantitative estimate of drug-likeness (QED) is 0.373. The molecule has 0 fully saturated rings. The van der Waals surface area contributed by atoms with Crippen molar-refractivity contribution in [3.8, 4) is 11.1 Å². The van der Waals surface area contributed by atoms with Crippen molar-refractivity contribution in [2.75, 3.05) is 5.73 Å². The number of hydrogen-bond donors (Lipinski definition) is 2. The van der Waals surface area contributed by atoms with Crippen LogP contribution in [0.15, 0.2) is 71.3 Å². The van der Waals surface area contributed by atoms with E-state index in [4.69, 9.17) is 10.2 Å². The highest BCUT2D eigenvalue weighted by Crippen LogP contribution is 2.36. The average molecular weight is 440 g/mol. The van der Waals surface area contributed by atoms with Gasteiger partial charge >= 0.3 is 0 Å². The number of carbonyl (C=O) groups is 1. The van der Waals surface area contributed by atoms with E-state index in [-0.39, 0.29) is 11.3 Å². The Kier molecular flexibility index (Phi) is 6.05. The zero-order chi connectivity index (χ0) is 23.6. The zero-order valence-corrected chi connectivity index (χ0v) is 19.5. The van der Waals surface area contributed by atoms with Gasteiger partial charge in [0.25, 0.3) is 0 Å². The third kappa shape index (κ3) is 5.32. The van der Waals surface area contributed by atoms with E-state index >= 15 is 0 Å². The normalized spacial score (nSPS) is 11.9. The van der Waals surface area contributed by atoms with E-state index in [2.05, 4.69) is 74.4 Å². The van der Waals surface area contributed by atoms with Gasteiger partial charge in [-0.25, -0.2) is 4.98 Å². The molecule has 0 radical (unpaired) electrons. The number of benzene rings is 2. The van der Waals surface area contributed by atoms with Gasteiger partial charge in [0.05, 0.1) is 6.54 Å². The third-order valence-corrected chi connectivity index (χ3v) is 5.53. The number of anilines is 1. The fraction of sp³-hybridized carbons (Fsp3) is 0.214. The number of pyridine rings is 1. The Balaban J connectivity index is 1.57. The average Bonchev–Trinajstić information content (AvgIpc) is 3.19. The lowest BCUT2D eigenvalue weighted by molar-refractivity contribution is -0.116. The third-order valence-electron chi connectivity index (χ3n) is 5.53. The van der Waals surface area contributed by atoms with Crippen molar-refractivity contribution in [2.24, 2.45) is 0 Å². The summed E-state index contributed by atoms with van der Waals surface area (Å²) in [6.45, 7) is 8.94. The highest BCUT2D eigenvalue weighted by molar-refractivity contribution is 5.92. The number of fused-ring (bicyclic) bond motifs is 1. The zero-order valence-electron chi connectivity index (χ0n) is 19.5. The van der Waals surface area contributed by atoms with Crippen molar-refractivity contribution >= 4 is 28.8 Å². The first-order valence-electron chi connectivity index (χ1n) is 11.0. The fourth-order valence-electron chi connectivity index (χ4n) is 3.68. The smallest absolute Gasteiger partial charge is 0.244 e. The predicted octanol–water partition coefficient (Wildman–Crippen LogP) is 6.01. The topological polar surface area (TPSA) is 81.2 Å². The second kappa shape index (κ2) is 8.94. The maximum atomic E-state index is 12.3. The van der Waals surface area contributed by atoms with Gasteiger partial charge in [-0.2, -0.15) is 0 Å². The van der Waals surface area contributed by atoms with E-state index < -0.39 is 0 Å². The highest BCUT2D eigenvalue weighted by atomic mass is 16.3. The number of nitrogens with two attached hydrogens (primary N) is 1. The van der Waals surface area contributed by atoms with Crippen LogP contribution in [0.1, 0.15) is 43.2 Å². The first-order valence-corrected chi connectivity index (χ1v) is 11.0. The van der Waals surface area contributed by atoms with Gasteiger partial charge in [0.15, 0.2) is 0 Å². The Morgan fingerprint density at radius 3 is 2.48 bits per heavy atom. The van der Waals surface area contributed by atoms with Crippen LogP contribution in [0, 0.1) is 6.92 Å². The summed E-state index contributed by atoms with van der Waals surface area (Å²) in [4.78, 5) is 16.3. The highest BCUT2D eigenvalue weighted by Gasteiger charge is 2.21. The minimum absolute atomic E-state index is 0.0901. The van der Waals surface area contributed by atoms with Gasteiger partial charge in [-0.1, -0.05) is 50.6 Å². The van der Waals surface area contributed by atoms with Crippen LogP contribution in [0.25, 0.3) is 28.2 Å². The second-order valence-electron chi connectivity index (χ2n) is 9.34. The van der Waals surface area contributed by atoms with E-state index in [0.717, 1.165) is 27.7 Å². The summed E-state index contributed by atoms with van der Waals surface area (Å²) in [5.41, 5.74) is 11.9. The van der Waals surface area contributed by atoms with Gasteiger partial charge < -0.3 is 15.5 Å². The number of nitrogens with one attached hydrogen (secondary N) is 1. The van der Waals surface area contributed by atoms with E-state index in [1.807, 2.05) is 12.1 Å². The Hall–Kier alpha value is -3.86. The SMILES string of the molecule is Cc1ccc(-c2cc(C(C)(C)C)c3oc(CNC(=O)/C=C/c4ccc(N)nc4)cc3c2)cc1. The van der Waals surface area contributed by atoms with Crippen molar-refractivity contribution in [3.05, 3.63) is 89.3 Å². The number of aryl methyl sites for hydroxylation is 1. The number of furan rings is 1. The Bertz CT molecular complexity index is 1310. The van der Waals surface area contributed by atoms with Crippen molar-refractivity contribution in [2.45, 2.75) is 39.7 Å². The van der Waals surface area contributed by atoms with Crippen molar-refractivity contribution in [1.29, 1.82) is 0 Å². The molecule has 0 atom stereocenters. The molecule has 4 aromatic rings. The summed E-state index contributed by atoms with van der Waals surface area (Å²) in [5.74, 6) is 0.956. The van der Waals surface area contributed by atoms with Gasteiger partial charge in [-0.05, 0) is 65.4 Å². The van der Waals surface area contributed by atoms with Crippen LogP contribution in [-0.2, 0) is 16.8 Å². The summed E-state index contributed by atoms with van der Waals surface area (Å²) in [5, 5.41) is 3.92. The standard InChI is InChI=1S/C28H29N3O2/c1-18-5-9-20(10-6-18)21-13-22-14-23(33-27(22)24(15-21)28(2,3)4)17-31-26(32)12-8-19-7-11-25(29)30-16-19/h5-16H,17H2,1-4H3,(H2,29,30)(H,31,32)/b12-8+. The number of rotatable bonds is 5. The number of hydrogen-bond acceptors (Lipinski definition) is 4. The minimum Gasteiger partial charge on any atom is -0.459 e. The van der Waals surface area contributed by atoms with Gasteiger partial charge in [0, 0.05) is 23.2 Å². The molecule has 4 rings (SSSR count). The molecule has 1 amide bonds. The molecule has 0 saturated heterocycles. The van der Waals surface area contributed by atoms with Gasteiger partial charge in [-0.15, -0.1) is 0 Å². The lowest BCUT2D eigenvalue weighted by atomic mass is 9.84. The molecule has 3 N–H and O–H groups in total. The molecule has 0 aliphatic heterocycles. The summed E-state index contributed by atoms with van der Waals surface area (Å²) in [6.07, 6.45) is 4.80. The molecule has 5 nitrogen and oxygen atoms in total. The Morgan fingerprint density at radius 1 is 1.06 bits per heavy atom. The molecule has 0 bridgehead atoms. The van der Waals surface area contributed by atoms with Crippen LogP contribution in [0.3, 0.4) is 0 Å². The molecule has 2 aromatic carbocycles. The summed E-state index contributed by atoms with van der Waals surface area (Å²) >= 11 is 0. The number of carbonyl (C=O) groups excluding carboxylic acids is 1. The molecule has 0 spiro atoms. The van der Waals surface area contributed by atoms with E-state index in [9.17, 15) is 4.79 Å². The molecule has 2 aromatic heterocycles. The molecule has 168 valence electrons. The summed E-state index contributed by atoms with van der Waals surface area (Å²) in [6, 6.07) is 18.4.